The average molecular weight is 1380 g/mol. The van der Waals surface area contributed by atoms with Gasteiger partial charge in [-0.25, -0.2) is 9.69 Å². The molecule has 2 fully saturated rings. The zero-order valence-electron chi connectivity index (χ0n) is 58.1. The van der Waals surface area contributed by atoms with Crippen LogP contribution in [0.15, 0.2) is 133 Å². The highest BCUT2D eigenvalue weighted by Gasteiger charge is 2.58. The maximum atomic E-state index is 14.5. The summed E-state index contributed by atoms with van der Waals surface area (Å²) in [5.74, 6) is 3.55. The molecule has 5 atom stereocenters. The lowest BCUT2D eigenvalue weighted by Crippen LogP contribution is -2.50. The van der Waals surface area contributed by atoms with Crippen molar-refractivity contribution in [1.29, 1.82) is 0 Å². The zero-order chi connectivity index (χ0) is 71.9. The molecule has 22 nitrogen and oxygen atoms in total. The molecule has 3 N–H and O–H groups in total. The average Bonchev–Trinajstić information content (AvgIpc) is 1.51. The summed E-state index contributed by atoms with van der Waals surface area (Å²) in [5, 5.41) is 17.5. The van der Waals surface area contributed by atoms with E-state index in [0.717, 1.165) is 45.6 Å². The van der Waals surface area contributed by atoms with Crippen LogP contribution >= 0.6 is 0 Å². The van der Waals surface area contributed by atoms with Crippen LogP contribution in [0.3, 0.4) is 0 Å². The number of nitrogens with one attached hydrogen (secondary N) is 2. The number of rotatable bonds is 27. The number of amides is 6. The molecule has 6 amide bonds. The van der Waals surface area contributed by atoms with Gasteiger partial charge >= 0.3 is 6.09 Å². The van der Waals surface area contributed by atoms with Crippen LogP contribution in [0.2, 0.25) is 0 Å². The van der Waals surface area contributed by atoms with E-state index in [9.17, 15) is 48.3 Å². The number of anilines is 2. The number of carbonyl (C=O) groups is 9. The van der Waals surface area contributed by atoms with E-state index >= 15 is 0 Å². The monoisotopic (exact) mass is 1380 g/mol. The topological polar surface area (TPSA) is 269 Å². The molecule has 0 aromatic heterocycles. The van der Waals surface area contributed by atoms with Gasteiger partial charge in [0, 0.05) is 99.5 Å². The fourth-order valence-corrected chi connectivity index (χ4v) is 13.7. The molecule has 1 unspecified atom stereocenters. The third-order valence-electron chi connectivity index (χ3n) is 19.9. The quantitative estimate of drug-likeness (QED) is 0.0320. The fourth-order valence-electron chi connectivity index (χ4n) is 13.7. The molecule has 0 radical (unpaired) electrons. The maximum Gasteiger partial charge on any atom is 0.416 e. The molecule has 6 aromatic rings. The van der Waals surface area contributed by atoms with Crippen LogP contribution in [0, 0.1) is 36.0 Å². The van der Waals surface area contributed by atoms with Crippen LogP contribution in [0.4, 0.5) is 21.9 Å². The standard InChI is InChI=1S/C80H83N7O15/c1-48(2)61(36-60(89)43-82-73(91)28-26-59(88)27-29-74(92)85-44-56-14-8-7-12-53(56)24-25-55-13-9-10-15-65(55)85)75(93)83-50(4)68(90)34-51-18-20-52(21-19-51)46-102-79(97)87-66-40-72(70(99-6)38-63(66)77(95)86-47-80(30-31-80)41-67(86)78(87)96)101-33-11-32-100-71-39-64-62(37-69(71)98-5)76(94)84-45-57(35-58(84)42-81-64)54-22-16-49(3)17-23-54/h7-10,12-23,37-40,42,45,48,50,58,61,67,78,96H,11,26-36,41,43-44,46-47H2,1-6H3,(H,82,91)(H,83,93)/t50-,58-,61-,67-,78?/m0/s1. The van der Waals surface area contributed by atoms with Crippen molar-refractivity contribution in [3.05, 3.63) is 178 Å². The SMILES string of the molecule is COc1cc2c(cc1OCCCOc1cc3c(cc1OC)C(=O)N1CC4(CC4)C[C@H]1C(O)N3C(=O)OCc1ccc(CC(=O)[C@H](C)NC(=O)[C@@H](CC(=O)CNC(=O)CCC(=O)CCC(=O)N3Cc4ccccc4C#Cc4ccccc43)C(C)C)cc1)N=C[C@@H]1CC(c3ccc(C)cc3)=CN1C2=O. The second-order valence-corrected chi connectivity index (χ2v) is 27.4. The Bertz CT molecular complexity index is 4410. The van der Waals surface area contributed by atoms with Gasteiger partial charge in [0.25, 0.3) is 11.8 Å². The van der Waals surface area contributed by atoms with E-state index in [2.05, 4.69) is 34.6 Å². The summed E-state index contributed by atoms with van der Waals surface area (Å²) in [7, 11) is 2.94. The van der Waals surface area contributed by atoms with Crippen molar-refractivity contribution >= 4 is 81.8 Å². The van der Waals surface area contributed by atoms with E-state index in [-0.39, 0.29) is 141 Å². The van der Waals surface area contributed by atoms with Crippen LogP contribution in [0.25, 0.3) is 5.57 Å². The largest absolute Gasteiger partial charge is 0.493 e. The highest BCUT2D eigenvalue weighted by Crippen LogP contribution is 2.57. The number of methoxy groups -OCH3 is 2. The van der Waals surface area contributed by atoms with Gasteiger partial charge in [-0.05, 0) is 103 Å². The minimum Gasteiger partial charge on any atom is -0.493 e. The van der Waals surface area contributed by atoms with Crippen molar-refractivity contribution in [3.8, 4) is 34.8 Å². The smallest absolute Gasteiger partial charge is 0.416 e. The number of aliphatic hydroxyl groups is 1. The van der Waals surface area contributed by atoms with Crippen LogP contribution in [-0.4, -0.2) is 139 Å². The molecule has 6 aliphatic rings. The van der Waals surface area contributed by atoms with E-state index < -0.39 is 47.9 Å². The number of Topliss-reactive ketones (excluding diaryl/α,β-unsaturated/α-hetero) is 3. The predicted octanol–water partition coefficient (Wildman–Crippen LogP) is 10.3. The summed E-state index contributed by atoms with van der Waals surface area (Å²) in [6, 6.07) is 34.4. The Labute approximate surface area is 592 Å². The van der Waals surface area contributed by atoms with Crippen LogP contribution < -0.4 is 39.4 Å². The van der Waals surface area contributed by atoms with Crippen molar-refractivity contribution < 1.29 is 71.9 Å². The first-order valence-electron chi connectivity index (χ1n) is 34.7. The summed E-state index contributed by atoms with van der Waals surface area (Å²) < 4.78 is 29.9. The Morgan fingerprint density at radius 2 is 1.39 bits per heavy atom. The third kappa shape index (κ3) is 16.0. The van der Waals surface area contributed by atoms with Crippen molar-refractivity contribution in [3.63, 3.8) is 0 Å². The summed E-state index contributed by atoms with van der Waals surface area (Å²) in [5.41, 5.74) is 8.36. The lowest BCUT2D eigenvalue weighted by molar-refractivity contribution is -0.133. The first-order valence-corrected chi connectivity index (χ1v) is 34.7. The van der Waals surface area contributed by atoms with Gasteiger partial charge in [-0.15, -0.1) is 0 Å². The number of ether oxygens (including phenoxy) is 5. The van der Waals surface area contributed by atoms with E-state index in [4.69, 9.17) is 28.7 Å². The molecule has 12 rings (SSSR count). The van der Waals surface area contributed by atoms with Crippen LogP contribution in [0.5, 0.6) is 23.0 Å². The highest BCUT2D eigenvalue weighted by molar-refractivity contribution is 6.07. The summed E-state index contributed by atoms with van der Waals surface area (Å²) >= 11 is 0. The number of aliphatic imine (C=N–C) groups is 1. The molecule has 6 aromatic carbocycles. The minimum atomic E-state index is -1.48. The third-order valence-corrected chi connectivity index (χ3v) is 19.9. The van der Waals surface area contributed by atoms with Gasteiger partial charge in [-0.1, -0.05) is 110 Å². The number of aryl methyl sites for hydroxylation is 1. The molecular weight excluding hydrogens is 1300 g/mol. The predicted molar refractivity (Wildman–Crippen MR) is 381 cm³/mol. The molecule has 528 valence electrons. The first kappa shape index (κ1) is 70.9. The van der Waals surface area contributed by atoms with Crippen LogP contribution in [0.1, 0.15) is 145 Å². The number of nitrogens with zero attached hydrogens (tertiary/aromatic N) is 5. The molecule has 102 heavy (non-hydrogen) atoms. The Balaban J connectivity index is 0.606. The molecule has 5 heterocycles. The van der Waals surface area contributed by atoms with Crippen molar-refractivity contribution in [1.82, 2.24) is 20.4 Å². The number of hydrogen-bond acceptors (Lipinski definition) is 16. The summed E-state index contributed by atoms with van der Waals surface area (Å²) in [6.45, 7) is 7.53. The van der Waals surface area contributed by atoms with Crippen LogP contribution in [-0.2, 0) is 53.1 Å². The molecule has 1 aliphatic carbocycles. The molecule has 0 bridgehead atoms. The minimum absolute atomic E-state index is 0.0586. The number of benzene rings is 6. The van der Waals surface area contributed by atoms with Gasteiger partial charge in [0.15, 0.2) is 40.8 Å². The Hall–Kier alpha value is -10.9. The second kappa shape index (κ2) is 30.9. The van der Waals surface area contributed by atoms with E-state index in [1.54, 1.807) is 78.1 Å². The normalized spacial score (nSPS) is 17.8. The number of ketones is 3. The van der Waals surface area contributed by atoms with Crippen molar-refractivity contribution in [2.75, 3.05) is 50.3 Å². The zero-order valence-corrected chi connectivity index (χ0v) is 58.1. The molecule has 5 aliphatic heterocycles. The van der Waals surface area contributed by atoms with Gasteiger partial charge in [0.05, 0.1) is 86.8 Å². The molecule has 1 saturated carbocycles. The lowest BCUT2D eigenvalue weighted by Gasteiger charge is -2.31. The second-order valence-electron chi connectivity index (χ2n) is 27.4. The fraction of sp³-hybridized carbons (Fsp3) is 0.375. The first-order chi connectivity index (χ1) is 49.2. The summed E-state index contributed by atoms with van der Waals surface area (Å²) in [6.07, 6.45) is 3.81. The van der Waals surface area contributed by atoms with E-state index in [0.29, 0.717) is 70.9 Å². The molecular formula is C80H83N7O15. The molecule has 1 saturated heterocycles. The van der Waals surface area contributed by atoms with Gasteiger partial charge < -0.3 is 54.1 Å². The number of carbonyl (C=O) groups excluding carboxylic acids is 9. The molecule has 22 heteroatoms. The number of fused-ring (bicyclic) bond motifs is 6. The number of aliphatic hydroxyl groups excluding tert-OH is 1. The Kier molecular flexibility index (Phi) is 21.5. The van der Waals surface area contributed by atoms with Gasteiger partial charge in [0.1, 0.15) is 12.4 Å². The Morgan fingerprint density at radius 1 is 0.725 bits per heavy atom. The van der Waals surface area contributed by atoms with Gasteiger partial charge in [0.2, 0.25) is 17.7 Å². The lowest BCUT2D eigenvalue weighted by atomic mass is 9.89. The van der Waals surface area contributed by atoms with Crippen molar-refractivity contribution in [2.45, 2.75) is 136 Å². The molecule has 1 spiro atoms. The Morgan fingerprint density at radius 3 is 2.11 bits per heavy atom. The number of para-hydroxylation sites is 1. The van der Waals surface area contributed by atoms with E-state index in [1.807, 2.05) is 73.8 Å². The maximum absolute atomic E-state index is 14.5. The van der Waals surface area contributed by atoms with E-state index in [1.165, 1.54) is 26.4 Å². The van der Waals surface area contributed by atoms with Gasteiger partial charge in [-0.3, -0.25) is 43.3 Å². The van der Waals surface area contributed by atoms with Gasteiger partial charge in [-0.2, -0.15) is 0 Å². The van der Waals surface area contributed by atoms with Crippen molar-refractivity contribution in [2.24, 2.45) is 22.2 Å². The summed E-state index contributed by atoms with van der Waals surface area (Å²) in [4.78, 5) is 134. The highest BCUT2D eigenvalue weighted by atomic mass is 16.6. The number of hydrogen-bond donors (Lipinski definition) is 3.